The van der Waals surface area contributed by atoms with Crippen LogP contribution in [0, 0.1) is 6.92 Å². The first-order chi connectivity index (χ1) is 10.1. The van der Waals surface area contributed by atoms with Gasteiger partial charge in [0.1, 0.15) is 0 Å². The lowest BCUT2D eigenvalue weighted by molar-refractivity contribution is 0.0963. The van der Waals surface area contributed by atoms with E-state index in [1.807, 2.05) is 18.7 Å². The molecular formula is C15H21N3O2S. The molecule has 0 aliphatic carbocycles. The maximum atomic E-state index is 12.0. The predicted octanol–water partition coefficient (Wildman–Crippen LogP) is 2.37. The zero-order chi connectivity index (χ0) is 15.2. The standard InChI is InChI=1S/C15H21N3O2S/c1-10-9-11(14(19)16-2)3-4-13(10)18-15(20)17-12-5-7-21-8-6-12/h3-4,9,12H,5-8H2,1-2H3,(H,16,19)(H2,17,18,20). The molecule has 5 nitrogen and oxygen atoms in total. The molecule has 1 saturated heterocycles. The summed E-state index contributed by atoms with van der Waals surface area (Å²) in [5.74, 6) is 2.07. The lowest BCUT2D eigenvalue weighted by atomic mass is 10.1. The monoisotopic (exact) mass is 307 g/mol. The number of nitrogens with one attached hydrogen (secondary N) is 3. The van der Waals surface area contributed by atoms with E-state index in [1.54, 1.807) is 25.2 Å². The molecule has 1 aliphatic heterocycles. The molecule has 0 aromatic heterocycles. The third kappa shape index (κ3) is 4.39. The van der Waals surface area contributed by atoms with Crippen LogP contribution in [0.1, 0.15) is 28.8 Å². The van der Waals surface area contributed by atoms with Gasteiger partial charge in [0.25, 0.3) is 5.91 Å². The highest BCUT2D eigenvalue weighted by molar-refractivity contribution is 7.99. The average Bonchev–Trinajstić information content (AvgIpc) is 2.49. The van der Waals surface area contributed by atoms with E-state index in [1.165, 1.54) is 0 Å². The van der Waals surface area contributed by atoms with E-state index in [0.717, 1.165) is 35.6 Å². The molecule has 1 aromatic carbocycles. The molecule has 0 atom stereocenters. The molecule has 0 unspecified atom stereocenters. The van der Waals surface area contributed by atoms with Gasteiger partial charge in [-0.2, -0.15) is 11.8 Å². The van der Waals surface area contributed by atoms with Crippen molar-refractivity contribution in [1.82, 2.24) is 10.6 Å². The van der Waals surface area contributed by atoms with Gasteiger partial charge in [-0.1, -0.05) is 0 Å². The first kappa shape index (κ1) is 15.7. The molecule has 1 fully saturated rings. The van der Waals surface area contributed by atoms with Gasteiger partial charge in [0.2, 0.25) is 0 Å². The maximum absolute atomic E-state index is 12.0. The molecule has 0 bridgehead atoms. The summed E-state index contributed by atoms with van der Waals surface area (Å²) >= 11 is 1.93. The molecule has 1 aromatic rings. The van der Waals surface area contributed by atoms with Crippen LogP contribution < -0.4 is 16.0 Å². The third-order valence-electron chi connectivity index (χ3n) is 3.52. The molecule has 0 radical (unpaired) electrons. The van der Waals surface area contributed by atoms with Gasteiger partial charge in [-0.3, -0.25) is 4.79 Å². The van der Waals surface area contributed by atoms with Crippen molar-refractivity contribution in [2.24, 2.45) is 0 Å². The number of hydrogen-bond acceptors (Lipinski definition) is 3. The number of carbonyl (C=O) groups is 2. The smallest absolute Gasteiger partial charge is 0.319 e. The van der Waals surface area contributed by atoms with Gasteiger partial charge in [0.05, 0.1) is 0 Å². The summed E-state index contributed by atoms with van der Waals surface area (Å²) in [7, 11) is 1.60. The van der Waals surface area contributed by atoms with Crippen molar-refractivity contribution in [3.63, 3.8) is 0 Å². The third-order valence-corrected chi connectivity index (χ3v) is 4.57. The normalized spacial score (nSPS) is 15.3. The molecule has 3 N–H and O–H groups in total. The van der Waals surface area contributed by atoms with E-state index in [-0.39, 0.29) is 18.0 Å². The van der Waals surface area contributed by atoms with Crippen LogP contribution in [0.4, 0.5) is 10.5 Å². The minimum absolute atomic E-state index is 0.131. The highest BCUT2D eigenvalue weighted by Crippen LogP contribution is 2.18. The summed E-state index contributed by atoms with van der Waals surface area (Å²) in [5.41, 5.74) is 2.18. The van der Waals surface area contributed by atoms with Crippen LogP contribution in [0.3, 0.4) is 0 Å². The van der Waals surface area contributed by atoms with Gasteiger partial charge in [0, 0.05) is 24.3 Å². The molecule has 114 valence electrons. The summed E-state index contributed by atoms with van der Waals surface area (Å²) in [6, 6.07) is 5.32. The molecule has 3 amide bonds. The fourth-order valence-corrected chi connectivity index (χ4v) is 3.38. The Morgan fingerprint density at radius 2 is 1.95 bits per heavy atom. The molecule has 2 rings (SSSR count). The number of anilines is 1. The minimum Gasteiger partial charge on any atom is -0.355 e. The molecule has 21 heavy (non-hydrogen) atoms. The van der Waals surface area contributed by atoms with E-state index < -0.39 is 0 Å². The number of carbonyl (C=O) groups excluding carboxylic acids is 2. The second kappa shape index (κ2) is 7.36. The summed E-state index contributed by atoms with van der Waals surface area (Å²) < 4.78 is 0. The summed E-state index contributed by atoms with van der Waals surface area (Å²) in [6.07, 6.45) is 2.04. The number of urea groups is 1. The lowest BCUT2D eigenvalue weighted by Gasteiger charge is -2.23. The molecule has 1 aliphatic rings. The Balaban J connectivity index is 1.95. The molecular weight excluding hydrogens is 286 g/mol. The Bertz CT molecular complexity index is 528. The van der Waals surface area contributed by atoms with Crippen molar-refractivity contribution < 1.29 is 9.59 Å². The van der Waals surface area contributed by atoms with Crippen LogP contribution in [0.5, 0.6) is 0 Å². The first-order valence-corrected chi connectivity index (χ1v) is 8.23. The van der Waals surface area contributed by atoms with E-state index >= 15 is 0 Å². The molecule has 0 spiro atoms. The van der Waals surface area contributed by atoms with Gasteiger partial charge in [-0.15, -0.1) is 0 Å². The first-order valence-electron chi connectivity index (χ1n) is 7.08. The van der Waals surface area contributed by atoms with E-state index in [0.29, 0.717) is 5.56 Å². The van der Waals surface area contributed by atoms with Crippen LogP contribution in [-0.4, -0.2) is 36.5 Å². The van der Waals surface area contributed by atoms with Crippen molar-refractivity contribution in [3.05, 3.63) is 29.3 Å². The number of benzene rings is 1. The van der Waals surface area contributed by atoms with Gasteiger partial charge >= 0.3 is 6.03 Å². The van der Waals surface area contributed by atoms with E-state index in [2.05, 4.69) is 16.0 Å². The van der Waals surface area contributed by atoms with Crippen LogP contribution in [0.25, 0.3) is 0 Å². The largest absolute Gasteiger partial charge is 0.355 e. The second-order valence-electron chi connectivity index (χ2n) is 5.09. The van der Waals surface area contributed by atoms with Crippen molar-refractivity contribution >= 4 is 29.4 Å². The van der Waals surface area contributed by atoms with Gasteiger partial charge in [-0.25, -0.2) is 4.79 Å². The van der Waals surface area contributed by atoms with Crippen LogP contribution in [-0.2, 0) is 0 Å². The Labute approximate surface area is 129 Å². The Kier molecular flexibility index (Phi) is 5.50. The van der Waals surface area contributed by atoms with Gasteiger partial charge < -0.3 is 16.0 Å². The highest BCUT2D eigenvalue weighted by atomic mass is 32.2. The molecule has 6 heteroatoms. The van der Waals surface area contributed by atoms with E-state index in [4.69, 9.17) is 0 Å². The number of hydrogen-bond donors (Lipinski definition) is 3. The summed E-state index contributed by atoms with van der Waals surface area (Å²) in [5, 5.41) is 8.44. The zero-order valence-corrected chi connectivity index (χ0v) is 13.2. The van der Waals surface area contributed by atoms with Crippen molar-refractivity contribution in [2.45, 2.75) is 25.8 Å². The van der Waals surface area contributed by atoms with Crippen LogP contribution >= 0.6 is 11.8 Å². The number of amides is 3. The number of thioether (sulfide) groups is 1. The van der Waals surface area contributed by atoms with Gasteiger partial charge in [0.15, 0.2) is 0 Å². The molecule has 1 heterocycles. The van der Waals surface area contributed by atoms with E-state index in [9.17, 15) is 9.59 Å². The second-order valence-corrected chi connectivity index (χ2v) is 6.32. The Morgan fingerprint density at radius 3 is 2.57 bits per heavy atom. The quantitative estimate of drug-likeness (QED) is 0.803. The van der Waals surface area contributed by atoms with Crippen molar-refractivity contribution in [1.29, 1.82) is 0 Å². The van der Waals surface area contributed by atoms with Crippen LogP contribution in [0.2, 0.25) is 0 Å². The average molecular weight is 307 g/mol. The predicted molar refractivity (Wildman–Crippen MR) is 87.1 cm³/mol. The fraction of sp³-hybridized carbons (Fsp3) is 0.467. The zero-order valence-electron chi connectivity index (χ0n) is 12.4. The Morgan fingerprint density at radius 1 is 1.24 bits per heavy atom. The topological polar surface area (TPSA) is 70.2 Å². The summed E-state index contributed by atoms with van der Waals surface area (Å²) in [6.45, 7) is 1.87. The highest BCUT2D eigenvalue weighted by Gasteiger charge is 2.16. The minimum atomic E-state index is -0.178. The Hall–Kier alpha value is -1.69. The molecule has 0 saturated carbocycles. The fourth-order valence-electron chi connectivity index (χ4n) is 2.28. The number of rotatable bonds is 3. The van der Waals surface area contributed by atoms with Crippen LogP contribution in [0.15, 0.2) is 18.2 Å². The lowest BCUT2D eigenvalue weighted by Crippen LogP contribution is -2.40. The van der Waals surface area contributed by atoms with Crippen molar-refractivity contribution in [2.75, 3.05) is 23.9 Å². The SMILES string of the molecule is CNC(=O)c1ccc(NC(=O)NC2CCSCC2)c(C)c1. The van der Waals surface area contributed by atoms with Gasteiger partial charge in [-0.05, 0) is 55.0 Å². The maximum Gasteiger partial charge on any atom is 0.319 e. The van der Waals surface area contributed by atoms with Crippen molar-refractivity contribution in [3.8, 4) is 0 Å². The summed E-state index contributed by atoms with van der Waals surface area (Å²) in [4.78, 5) is 23.5. The number of aryl methyl sites for hydroxylation is 1.